The quantitative estimate of drug-likeness (QED) is 0.427. The van der Waals surface area contributed by atoms with Crippen molar-refractivity contribution in [3.63, 3.8) is 0 Å². The number of carboxylic acid groups (broad SMARTS) is 1. The molecule has 190 valence electrons. The molecule has 1 saturated heterocycles. The molecular formula is C17H20ClF3N4O7S2. The molecule has 1 atom stereocenters. The van der Waals surface area contributed by atoms with Gasteiger partial charge in [0.25, 0.3) is 10.0 Å². The number of fused-ring (bicyclic) bond motifs is 1. The topological polar surface area (TPSA) is 166 Å². The van der Waals surface area contributed by atoms with E-state index in [0.717, 1.165) is 6.26 Å². The first kappa shape index (κ1) is 27.8. The van der Waals surface area contributed by atoms with Crippen LogP contribution in [0.1, 0.15) is 6.42 Å². The van der Waals surface area contributed by atoms with Crippen molar-refractivity contribution in [3.05, 3.63) is 29.3 Å². The number of nitrogens with zero attached hydrogens (tertiary/aromatic N) is 1. The number of benzene rings is 1. The molecule has 2 heterocycles. The van der Waals surface area contributed by atoms with Crippen LogP contribution >= 0.6 is 11.6 Å². The molecule has 0 spiro atoms. The highest BCUT2D eigenvalue weighted by Gasteiger charge is 2.38. The number of amides is 1. The van der Waals surface area contributed by atoms with Crippen LogP contribution in [-0.2, 0) is 29.6 Å². The highest BCUT2D eigenvalue weighted by molar-refractivity contribution is 7.89. The van der Waals surface area contributed by atoms with Gasteiger partial charge in [-0.2, -0.15) is 17.5 Å². The fourth-order valence-electron chi connectivity index (χ4n) is 2.98. The number of sulfonamides is 2. The Bertz CT molecular complexity index is 1280. The van der Waals surface area contributed by atoms with E-state index in [1.54, 1.807) is 18.2 Å². The second kappa shape index (κ2) is 10.5. The summed E-state index contributed by atoms with van der Waals surface area (Å²) in [6.45, 7) is 0.639. The van der Waals surface area contributed by atoms with Crippen LogP contribution in [0.15, 0.2) is 29.3 Å². The molecule has 1 amide bonds. The lowest BCUT2D eigenvalue weighted by atomic mass is 10.1. The fraction of sp³-hybridized carbons (Fsp3) is 0.412. The summed E-state index contributed by atoms with van der Waals surface area (Å²) in [6.07, 6.45) is -4.35. The van der Waals surface area contributed by atoms with Gasteiger partial charge in [0.2, 0.25) is 15.9 Å². The van der Waals surface area contributed by atoms with Gasteiger partial charge in [0.15, 0.2) is 0 Å². The van der Waals surface area contributed by atoms with Crippen LogP contribution in [0.2, 0.25) is 5.02 Å². The van der Waals surface area contributed by atoms with Gasteiger partial charge in [-0.1, -0.05) is 11.6 Å². The highest BCUT2D eigenvalue weighted by Crippen LogP contribution is 2.25. The maximum absolute atomic E-state index is 12.9. The zero-order valence-electron chi connectivity index (χ0n) is 17.4. The van der Waals surface area contributed by atoms with Crippen molar-refractivity contribution in [3.8, 4) is 0 Å². The average Bonchev–Trinajstić information content (AvgIpc) is 3.10. The summed E-state index contributed by atoms with van der Waals surface area (Å²) in [5.41, 5.74) is 0.650. The second-order valence-electron chi connectivity index (χ2n) is 7.18. The van der Waals surface area contributed by atoms with Gasteiger partial charge in [0.05, 0.1) is 6.26 Å². The molecule has 1 aliphatic heterocycles. The van der Waals surface area contributed by atoms with E-state index in [1.165, 1.54) is 10.4 Å². The van der Waals surface area contributed by atoms with Gasteiger partial charge in [-0.05, 0) is 24.3 Å². The summed E-state index contributed by atoms with van der Waals surface area (Å²) in [4.78, 5) is 23.6. The average molecular weight is 549 g/mol. The predicted molar refractivity (Wildman–Crippen MR) is 115 cm³/mol. The monoisotopic (exact) mass is 548 g/mol. The Balaban J connectivity index is 0.000000509. The third kappa shape index (κ3) is 7.83. The molecule has 1 aromatic heterocycles. The summed E-state index contributed by atoms with van der Waals surface area (Å²) < 4.78 is 83.0. The molecule has 17 heteroatoms. The van der Waals surface area contributed by atoms with E-state index in [0.29, 0.717) is 22.5 Å². The number of piperazine rings is 1. The Kier molecular flexibility index (Phi) is 8.57. The van der Waals surface area contributed by atoms with Crippen molar-refractivity contribution in [1.82, 2.24) is 19.3 Å². The molecule has 1 aromatic carbocycles. The minimum absolute atomic E-state index is 0.0426. The Labute approximate surface area is 197 Å². The molecule has 0 aliphatic carbocycles. The minimum atomic E-state index is -5.08. The van der Waals surface area contributed by atoms with Crippen molar-refractivity contribution in [1.29, 1.82) is 0 Å². The van der Waals surface area contributed by atoms with Crippen LogP contribution in [0.25, 0.3) is 10.9 Å². The van der Waals surface area contributed by atoms with Gasteiger partial charge >= 0.3 is 12.1 Å². The number of carboxylic acids is 1. The largest absolute Gasteiger partial charge is 0.490 e. The van der Waals surface area contributed by atoms with Crippen LogP contribution in [0.3, 0.4) is 0 Å². The van der Waals surface area contributed by atoms with Gasteiger partial charge in [-0.3, -0.25) is 9.52 Å². The fourth-order valence-corrected chi connectivity index (χ4v) is 5.16. The lowest BCUT2D eigenvalue weighted by Crippen LogP contribution is -2.54. The van der Waals surface area contributed by atoms with E-state index in [9.17, 15) is 34.8 Å². The second-order valence-corrected chi connectivity index (χ2v) is 11.3. The third-order valence-corrected chi connectivity index (χ3v) is 6.99. The molecule has 1 aliphatic rings. The van der Waals surface area contributed by atoms with Crippen molar-refractivity contribution < 1.29 is 44.7 Å². The first-order valence-corrected chi connectivity index (χ1v) is 13.0. The Morgan fingerprint density at radius 3 is 2.41 bits per heavy atom. The standard InChI is InChI=1S/C15H19ClN4O5S2.C2HF3O2/c1-26(22,23)19-14(21)8-12-9-20(5-4-17-12)27(24,25)15-7-10-6-11(16)2-3-13(10)18-15;3-2(4,5)1(6)7/h2-3,6-7,12,17-18H,4-5,8-9H2,1H3,(H,19,21);(H,6,7). The number of nitrogens with one attached hydrogen (secondary N) is 3. The molecule has 2 aromatic rings. The van der Waals surface area contributed by atoms with Crippen LogP contribution in [-0.4, -0.2) is 81.2 Å². The number of hydrogen-bond donors (Lipinski definition) is 4. The molecule has 4 N–H and O–H groups in total. The highest BCUT2D eigenvalue weighted by atomic mass is 35.5. The third-order valence-electron chi connectivity index (χ3n) is 4.37. The van der Waals surface area contributed by atoms with Crippen LogP contribution < -0.4 is 10.0 Å². The van der Waals surface area contributed by atoms with E-state index in [-0.39, 0.29) is 24.5 Å². The number of aromatic amines is 1. The Morgan fingerprint density at radius 1 is 1.24 bits per heavy atom. The molecule has 3 rings (SSSR count). The molecule has 0 radical (unpaired) electrons. The number of rotatable bonds is 5. The van der Waals surface area contributed by atoms with E-state index in [4.69, 9.17) is 21.5 Å². The summed E-state index contributed by atoms with van der Waals surface area (Å²) in [7, 11) is -7.45. The molecule has 1 unspecified atom stereocenters. The Morgan fingerprint density at radius 2 is 1.85 bits per heavy atom. The zero-order valence-corrected chi connectivity index (χ0v) is 19.8. The number of carbonyl (C=O) groups excluding carboxylic acids is 1. The van der Waals surface area contributed by atoms with Gasteiger partial charge in [0.1, 0.15) is 5.03 Å². The maximum atomic E-state index is 12.9. The van der Waals surface area contributed by atoms with Crippen molar-refractivity contribution in [2.75, 3.05) is 25.9 Å². The number of aromatic nitrogens is 1. The SMILES string of the molecule is CS(=O)(=O)NC(=O)CC1CN(S(=O)(=O)c2cc3cc(Cl)ccc3[nH]2)CCN1.O=C(O)C(F)(F)F. The van der Waals surface area contributed by atoms with Crippen molar-refractivity contribution in [2.24, 2.45) is 0 Å². The smallest absolute Gasteiger partial charge is 0.475 e. The number of aliphatic carboxylic acids is 1. The molecule has 0 bridgehead atoms. The van der Waals surface area contributed by atoms with Gasteiger partial charge in [-0.25, -0.2) is 21.6 Å². The predicted octanol–water partition coefficient (Wildman–Crippen LogP) is 0.883. The first-order valence-electron chi connectivity index (χ1n) is 9.31. The number of carbonyl (C=O) groups is 2. The minimum Gasteiger partial charge on any atom is -0.475 e. The van der Waals surface area contributed by atoms with E-state index >= 15 is 0 Å². The lowest BCUT2D eigenvalue weighted by molar-refractivity contribution is -0.192. The summed E-state index contributed by atoms with van der Waals surface area (Å²) in [6, 6.07) is 6.06. The van der Waals surface area contributed by atoms with Gasteiger partial charge < -0.3 is 15.4 Å². The van der Waals surface area contributed by atoms with E-state index in [2.05, 4.69) is 10.3 Å². The molecule has 11 nitrogen and oxygen atoms in total. The maximum Gasteiger partial charge on any atom is 0.490 e. The molecule has 34 heavy (non-hydrogen) atoms. The number of halogens is 4. The van der Waals surface area contributed by atoms with Gasteiger partial charge in [0, 0.05) is 48.0 Å². The van der Waals surface area contributed by atoms with E-state index < -0.39 is 44.1 Å². The molecule has 1 fully saturated rings. The number of alkyl halides is 3. The summed E-state index contributed by atoms with van der Waals surface area (Å²) in [5.74, 6) is -3.44. The number of hydrogen-bond acceptors (Lipinski definition) is 7. The summed E-state index contributed by atoms with van der Waals surface area (Å²) in [5, 5.41) is 11.4. The van der Waals surface area contributed by atoms with Crippen LogP contribution in [0, 0.1) is 0 Å². The van der Waals surface area contributed by atoms with Crippen LogP contribution in [0.4, 0.5) is 13.2 Å². The number of H-pyrrole nitrogens is 1. The first-order chi connectivity index (χ1) is 15.5. The summed E-state index contributed by atoms with van der Waals surface area (Å²) >= 11 is 5.94. The lowest BCUT2D eigenvalue weighted by Gasteiger charge is -2.32. The Hall–Kier alpha value is -2.40. The normalized spacial score (nSPS) is 17.6. The molecule has 0 saturated carbocycles. The van der Waals surface area contributed by atoms with Crippen molar-refractivity contribution in [2.45, 2.75) is 23.7 Å². The van der Waals surface area contributed by atoms with Crippen molar-refractivity contribution >= 4 is 54.4 Å². The zero-order chi connectivity index (χ0) is 25.9. The van der Waals surface area contributed by atoms with E-state index in [1.807, 2.05) is 4.72 Å². The van der Waals surface area contributed by atoms with Gasteiger partial charge in [-0.15, -0.1) is 0 Å². The molecular weight excluding hydrogens is 529 g/mol. The van der Waals surface area contributed by atoms with Crippen LogP contribution in [0.5, 0.6) is 0 Å².